The SMILES string of the molecule is CCc1nc(=O)c2ccccc2n1C1=CCN(C(=O)[C@@H](C)N2CCOCC2)CC1. The maximum Gasteiger partial charge on any atom is 0.280 e. The van der Waals surface area contributed by atoms with E-state index in [0.717, 1.165) is 36.5 Å². The number of rotatable bonds is 4. The minimum Gasteiger partial charge on any atom is -0.379 e. The first kappa shape index (κ1) is 19.8. The number of ether oxygens (including phenoxy) is 1. The highest BCUT2D eigenvalue weighted by Crippen LogP contribution is 2.23. The van der Waals surface area contributed by atoms with Crippen LogP contribution in [0, 0.1) is 0 Å². The highest BCUT2D eigenvalue weighted by Gasteiger charge is 2.28. The molecule has 4 rings (SSSR count). The van der Waals surface area contributed by atoms with Gasteiger partial charge in [0.05, 0.1) is 30.2 Å². The predicted molar refractivity (Wildman–Crippen MR) is 113 cm³/mol. The first-order valence-electron chi connectivity index (χ1n) is 10.4. The third-order valence-electron chi connectivity index (χ3n) is 5.92. The first-order chi connectivity index (χ1) is 14.1. The molecule has 2 aliphatic heterocycles. The molecule has 29 heavy (non-hydrogen) atoms. The van der Waals surface area contributed by atoms with Gasteiger partial charge in [0.2, 0.25) is 5.91 Å². The molecule has 2 aromatic rings. The molecule has 0 spiro atoms. The van der Waals surface area contributed by atoms with Gasteiger partial charge < -0.3 is 14.2 Å². The Hall–Kier alpha value is -2.51. The van der Waals surface area contributed by atoms with Crippen molar-refractivity contribution in [1.82, 2.24) is 19.4 Å². The van der Waals surface area contributed by atoms with Crippen molar-refractivity contribution in [3.05, 3.63) is 46.5 Å². The molecule has 1 atom stereocenters. The summed E-state index contributed by atoms with van der Waals surface area (Å²) in [6.07, 6.45) is 3.52. The molecule has 154 valence electrons. The molecule has 1 amide bonds. The normalized spacial score (nSPS) is 19.2. The molecular formula is C22H28N4O3. The molecule has 0 radical (unpaired) electrons. The zero-order valence-electron chi connectivity index (χ0n) is 17.1. The summed E-state index contributed by atoms with van der Waals surface area (Å²) in [5.74, 6) is 0.933. The maximum atomic E-state index is 13.0. The van der Waals surface area contributed by atoms with Gasteiger partial charge in [-0.1, -0.05) is 19.1 Å². The van der Waals surface area contributed by atoms with Crippen LogP contribution < -0.4 is 5.56 Å². The lowest BCUT2D eigenvalue weighted by Crippen LogP contribution is -2.51. The largest absolute Gasteiger partial charge is 0.379 e. The average Bonchev–Trinajstić information content (AvgIpc) is 2.79. The fraction of sp³-hybridized carbons (Fsp3) is 0.500. The van der Waals surface area contributed by atoms with Crippen LogP contribution in [-0.2, 0) is 16.0 Å². The summed E-state index contributed by atoms with van der Waals surface area (Å²) in [7, 11) is 0. The van der Waals surface area contributed by atoms with Gasteiger partial charge in [-0.2, -0.15) is 4.98 Å². The Labute approximate surface area is 170 Å². The van der Waals surface area contributed by atoms with Crippen LogP contribution >= 0.6 is 0 Å². The van der Waals surface area contributed by atoms with E-state index in [2.05, 4.69) is 20.5 Å². The minimum absolute atomic E-state index is 0.130. The average molecular weight is 396 g/mol. The molecule has 0 unspecified atom stereocenters. The highest BCUT2D eigenvalue weighted by molar-refractivity contribution is 5.84. The van der Waals surface area contributed by atoms with Crippen LogP contribution in [0.3, 0.4) is 0 Å². The second-order valence-electron chi connectivity index (χ2n) is 7.59. The van der Waals surface area contributed by atoms with Gasteiger partial charge in [0, 0.05) is 44.7 Å². The van der Waals surface area contributed by atoms with Gasteiger partial charge >= 0.3 is 0 Å². The summed E-state index contributed by atoms with van der Waals surface area (Å²) in [5.41, 5.74) is 1.81. The maximum absolute atomic E-state index is 13.0. The molecule has 0 bridgehead atoms. The molecule has 2 aliphatic rings. The Kier molecular flexibility index (Phi) is 5.78. The van der Waals surface area contributed by atoms with E-state index in [1.807, 2.05) is 43.0 Å². The van der Waals surface area contributed by atoms with E-state index in [0.29, 0.717) is 38.1 Å². The molecular weight excluding hydrogens is 368 g/mol. The summed E-state index contributed by atoms with van der Waals surface area (Å²) in [4.78, 5) is 33.7. The monoisotopic (exact) mass is 396 g/mol. The molecule has 0 aliphatic carbocycles. The Morgan fingerprint density at radius 3 is 2.66 bits per heavy atom. The second-order valence-corrected chi connectivity index (χ2v) is 7.59. The van der Waals surface area contributed by atoms with Crippen LogP contribution in [0.5, 0.6) is 0 Å². The number of amides is 1. The quantitative estimate of drug-likeness (QED) is 0.788. The molecule has 1 saturated heterocycles. The van der Waals surface area contributed by atoms with Gasteiger partial charge in [-0.15, -0.1) is 0 Å². The van der Waals surface area contributed by atoms with E-state index >= 15 is 0 Å². The van der Waals surface area contributed by atoms with Gasteiger partial charge in [-0.05, 0) is 25.1 Å². The van der Waals surface area contributed by atoms with Crippen molar-refractivity contribution in [1.29, 1.82) is 0 Å². The van der Waals surface area contributed by atoms with E-state index in [4.69, 9.17) is 4.74 Å². The van der Waals surface area contributed by atoms with E-state index in [9.17, 15) is 9.59 Å². The van der Waals surface area contributed by atoms with Crippen LogP contribution in [0.25, 0.3) is 16.6 Å². The van der Waals surface area contributed by atoms with Gasteiger partial charge in [0.15, 0.2) is 0 Å². The summed E-state index contributed by atoms with van der Waals surface area (Å²) >= 11 is 0. The van der Waals surface area contributed by atoms with Crippen LogP contribution in [0.15, 0.2) is 35.1 Å². The smallest absolute Gasteiger partial charge is 0.280 e. The Morgan fingerprint density at radius 1 is 1.21 bits per heavy atom. The van der Waals surface area contributed by atoms with Crippen LogP contribution in [0.2, 0.25) is 0 Å². The zero-order valence-corrected chi connectivity index (χ0v) is 17.1. The van der Waals surface area contributed by atoms with Crippen molar-refractivity contribution in [2.24, 2.45) is 0 Å². The van der Waals surface area contributed by atoms with Crippen molar-refractivity contribution in [3.8, 4) is 0 Å². The number of morpholine rings is 1. The summed E-state index contributed by atoms with van der Waals surface area (Å²) in [5, 5.41) is 0.630. The molecule has 1 aromatic carbocycles. The molecule has 0 saturated carbocycles. The van der Waals surface area contributed by atoms with Crippen LogP contribution in [0.1, 0.15) is 26.1 Å². The number of aryl methyl sites for hydroxylation is 1. The molecule has 3 heterocycles. The van der Waals surface area contributed by atoms with E-state index in [1.165, 1.54) is 0 Å². The van der Waals surface area contributed by atoms with E-state index in [-0.39, 0.29) is 17.5 Å². The Balaban J connectivity index is 1.58. The number of nitrogens with zero attached hydrogens (tertiary/aromatic N) is 4. The molecule has 7 heteroatoms. The van der Waals surface area contributed by atoms with E-state index < -0.39 is 0 Å². The minimum atomic E-state index is -0.179. The fourth-order valence-electron chi connectivity index (χ4n) is 4.22. The number of hydrogen-bond acceptors (Lipinski definition) is 5. The van der Waals surface area contributed by atoms with Crippen LogP contribution in [0.4, 0.5) is 0 Å². The third-order valence-corrected chi connectivity index (χ3v) is 5.92. The van der Waals surface area contributed by atoms with Gasteiger partial charge in [0.25, 0.3) is 5.56 Å². The summed E-state index contributed by atoms with van der Waals surface area (Å²) in [6, 6.07) is 7.47. The Morgan fingerprint density at radius 2 is 1.97 bits per heavy atom. The molecule has 0 N–H and O–H groups in total. The number of para-hydroxylation sites is 1. The van der Waals surface area contributed by atoms with Crippen molar-refractivity contribution in [2.45, 2.75) is 32.7 Å². The molecule has 1 fully saturated rings. The van der Waals surface area contributed by atoms with Crippen LogP contribution in [-0.4, -0.2) is 70.7 Å². The first-order valence-corrected chi connectivity index (χ1v) is 10.4. The lowest BCUT2D eigenvalue weighted by Gasteiger charge is -2.36. The lowest BCUT2D eigenvalue weighted by atomic mass is 10.1. The standard InChI is InChI=1S/C22H28N4O3/c1-3-20-23-21(27)18-6-4-5-7-19(18)26(20)17-8-10-25(11-9-17)22(28)16(2)24-12-14-29-15-13-24/h4-8,16H,3,9-15H2,1-2H3/t16-/m1/s1. The summed E-state index contributed by atoms with van der Waals surface area (Å²) in [6.45, 7) is 8.22. The number of benzene rings is 1. The third kappa shape index (κ3) is 3.84. The van der Waals surface area contributed by atoms with Gasteiger partial charge in [-0.25, -0.2) is 0 Å². The van der Waals surface area contributed by atoms with Gasteiger partial charge in [-0.3, -0.25) is 14.5 Å². The lowest BCUT2D eigenvalue weighted by molar-refractivity contribution is -0.137. The van der Waals surface area contributed by atoms with Crippen molar-refractivity contribution < 1.29 is 9.53 Å². The number of aromatic nitrogens is 2. The number of carbonyl (C=O) groups excluding carboxylic acids is 1. The van der Waals surface area contributed by atoms with Crippen molar-refractivity contribution in [3.63, 3.8) is 0 Å². The Bertz CT molecular complexity index is 991. The highest BCUT2D eigenvalue weighted by atomic mass is 16.5. The number of fused-ring (bicyclic) bond motifs is 1. The second kappa shape index (κ2) is 8.47. The number of carbonyl (C=O) groups is 1. The molecule has 1 aromatic heterocycles. The molecule has 7 nitrogen and oxygen atoms in total. The summed E-state index contributed by atoms with van der Waals surface area (Å²) < 4.78 is 7.50. The topological polar surface area (TPSA) is 67.7 Å². The van der Waals surface area contributed by atoms with Gasteiger partial charge in [0.1, 0.15) is 5.82 Å². The number of hydrogen-bond donors (Lipinski definition) is 0. The van der Waals surface area contributed by atoms with Crippen molar-refractivity contribution in [2.75, 3.05) is 39.4 Å². The fourth-order valence-corrected chi connectivity index (χ4v) is 4.22. The predicted octanol–water partition coefficient (Wildman–Crippen LogP) is 1.75. The van der Waals surface area contributed by atoms with E-state index in [1.54, 1.807) is 0 Å². The van der Waals surface area contributed by atoms with Crippen molar-refractivity contribution >= 4 is 22.5 Å². The zero-order chi connectivity index (χ0) is 20.4.